The van der Waals surface area contributed by atoms with Gasteiger partial charge in [-0.3, -0.25) is 4.79 Å². The van der Waals surface area contributed by atoms with E-state index in [1.165, 1.54) is 13.3 Å². The number of amides is 3. The summed E-state index contributed by atoms with van der Waals surface area (Å²) in [6, 6.07) is 14.7. The molecular weight excluding hydrogens is 584 g/mol. The molecule has 0 bridgehead atoms. The highest BCUT2D eigenvalue weighted by atomic mass is 16.6. The fourth-order valence-electron chi connectivity index (χ4n) is 4.62. The van der Waals surface area contributed by atoms with Crippen LogP contribution in [0.3, 0.4) is 0 Å². The van der Waals surface area contributed by atoms with Gasteiger partial charge in [0.2, 0.25) is 0 Å². The van der Waals surface area contributed by atoms with Crippen LogP contribution < -0.4 is 30.3 Å². The molecule has 3 aromatic carbocycles. The van der Waals surface area contributed by atoms with Gasteiger partial charge in [0.05, 0.1) is 38.2 Å². The molecule has 0 spiro atoms. The Morgan fingerprint density at radius 2 is 1.67 bits per heavy atom. The van der Waals surface area contributed by atoms with Crippen molar-refractivity contribution < 1.29 is 42.9 Å². The van der Waals surface area contributed by atoms with E-state index in [9.17, 15) is 19.2 Å². The third kappa shape index (κ3) is 8.07. The fourth-order valence-corrected chi connectivity index (χ4v) is 4.62. The normalized spacial score (nSPS) is 14.4. The molecule has 0 saturated carbocycles. The van der Waals surface area contributed by atoms with Crippen molar-refractivity contribution in [1.82, 2.24) is 16.1 Å². The number of ether oxygens (including phenoxy) is 5. The van der Waals surface area contributed by atoms with Crippen molar-refractivity contribution in [3.63, 3.8) is 0 Å². The predicted molar refractivity (Wildman–Crippen MR) is 164 cm³/mol. The smallest absolute Gasteiger partial charge is 0.344 e. The lowest BCUT2D eigenvalue weighted by Crippen LogP contribution is -2.45. The largest absolute Gasteiger partial charge is 0.493 e. The molecule has 45 heavy (non-hydrogen) atoms. The number of hydrogen-bond acceptors (Lipinski definition) is 10. The average molecular weight is 619 g/mol. The number of hydrazone groups is 1. The summed E-state index contributed by atoms with van der Waals surface area (Å²) in [5.74, 6) is -0.708. The zero-order valence-corrected chi connectivity index (χ0v) is 25.3. The first-order chi connectivity index (χ1) is 21.7. The number of esters is 2. The van der Waals surface area contributed by atoms with Gasteiger partial charge in [0.25, 0.3) is 5.91 Å². The van der Waals surface area contributed by atoms with E-state index in [1.807, 2.05) is 30.3 Å². The Morgan fingerprint density at radius 3 is 2.42 bits per heavy atom. The molecule has 0 aliphatic carbocycles. The standard InChI is InChI=1S/C32H34N4O9/c1-5-42-28(38)18-45-24-13-11-20-9-7-8-10-22(20)23(24)16-33-36-27(37)17-44-25-14-12-21(15-26(25)41-4)30-29(31(39)43-6-2)19(3)34-32(40)35-30/h7-16,30H,5-6,17-18H2,1-4H3,(H,36,37)(H2,34,35,40)/b33-16+/t30-/m0/s1. The number of allylic oxidation sites excluding steroid dienone is 1. The summed E-state index contributed by atoms with van der Waals surface area (Å²) in [6.07, 6.45) is 1.43. The van der Waals surface area contributed by atoms with Crippen LogP contribution in [0.5, 0.6) is 17.2 Å². The van der Waals surface area contributed by atoms with E-state index in [4.69, 9.17) is 23.7 Å². The van der Waals surface area contributed by atoms with E-state index in [0.717, 1.165) is 10.8 Å². The molecule has 236 valence electrons. The summed E-state index contributed by atoms with van der Waals surface area (Å²) in [4.78, 5) is 49.2. The van der Waals surface area contributed by atoms with Crippen LogP contribution in [0.4, 0.5) is 4.79 Å². The summed E-state index contributed by atoms with van der Waals surface area (Å²) in [5, 5.41) is 11.1. The van der Waals surface area contributed by atoms with E-state index >= 15 is 0 Å². The van der Waals surface area contributed by atoms with Gasteiger partial charge in [0.1, 0.15) is 5.75 Å². The van der Waals surface area contributed by atoms with E-state index in [1.54, 1.807) is 45.0 Å². The summed E-state index contributed by atoms with van der Waals surface area (Å²) < 4.78 is 26.9. The van der Waals surface area contributed by atoms with Gasteiger partial charge in [0, 0.05) is 11.3 Å². The Labute approximate surface area is 259 Å². The van der Waals surface area contributed by atoms with Gasteiger partial charge in [-0.2, -0.15) is 5.10 Å². The second kappa shape index (κ2) is 15.2. The second-order valence-corrected chi connectivity index (χ2v) is 9.57. The number of urea groups is 1. The number of benzene rings is 3. The van der Waals surface area contributed by atoms with Crippen molar-refractivity contribution in [2.24, 2.45) is 5.10 Å². The van der Waals surface area contributed by atoms with Gasteiger partial charge in [0.15, 0.2) is 24.7 Å². The molecule has 1 atom stereocenters. The zero-order chi connectivity index (χ0) is 32.3. The fraction of sp³-hybridized carbons (Fsp3) is 0.281. The van der Waals surface area contributed by atoms with Crippen LogP contribution in [0, 0.1) is 0 Å². The summed E-state index contributed by atoms with van der Waals surface area (Å²) in [6.45, 7) is 4.75. The Morgan fingerprint density at radius 1 is 0.933 bits per heavy atom. The van der Waals surface area contributed by atoms with Gasteiger partial charge in [-0.05, 0) is 55.3 Å². The Hall–Kier alpha value is -5.59. The molecule has 3 aromatic rings. The van der Waals surface area contributed by atoms with Crippen LogP contribution in [0.25, 0.3) is 10.8 Å². The van der Waals surface area contributed by atoms with Crippen molar-refractivity contribution in [3.8, 4) is 17.2 Å². The molecule has 4 rings (SSSR count). The van der Waals surface area contributed by atoms with Gasteiger partial charge in [-0.25, -0.2) is 19.8 Å². The summed E-state index contributed by atoms with van der Waals surface area (Å²) in [5.41, 5.74) is 4.16. The lowest BCUT2D eigenvalue weighted by Gasteiger charge is -2.28. The quantitative estimate of drug-likeness (QED) is 0.148. The van der Waals surface area contributed by atoms with E-state index in [-0.39, 0.29) is 36.9 Å². The summed E-state index contributed by atoms with van der Waals surface area (Å²) in [7, 11) is 1.43. The van der Waals surface area contributed by atoms with Crippen molar-refractivity contribution in [1.29, 1.82) is 0 Å². The molecule has 1 aliphatic heterocycles. The third-order valence-corrected chi connectivity index (χ3v) is 6.61. The van der Waals surface area contributed by atoms with Crippen LogP contribution in [-0.2, 0) is 23.9 Å². The zero-order valence-electron chi connectivity index (χ0n) is 25.3. The van der Waals surface area contributed by atoms with Crippen molar-refractivity contribution >= 4 is 40.9 Å². The van der Waals surface area contributed by atoms with Gasteiger partial charge in [-0.15, -0.1) is 0 Å². The van der Waals surface area contributed by atoms with E-state index < -0.39 is 36.5 Å². The molecule has 0 fully saturated rings. The molecule has 0 saturated heterocycles. The first-order valence-corrected chi connectivity index (χ1v) is 14.1. The number of carbonyl (C=O) groups is 4. The minimum absolute atomic E-state index is 0.171. The number of carbonyl (C=O) groups excluding carboxylic acids is 4. The van der Waals surface area contributed by atoms with Gasteiger partial charge in [-0.1, -0.05) is 36.4 Å². The Kier molecular flexibility index (Phi) is 10.9. The third-order valence-electron chi connectivity index (χ3n) is 6.61. The van der Waals surface area contributed by atoms with Crippen LogP contribution in [0.1, 0.15) is 37.9 Å². The van der Waals surface area contributed by atoms with Gasteiger partial charge >= 0.3 is 18.0 Å². The molecule has 3 N–H and O–H groups in total. The minimum atomic E-state index is -0.793. The lowest BCUT2D eigenvalue weighted by atomic mass is 9.95. The van der Waals surface area contributed by atoms with Crippen molar-refractivity contribution in [2.75, 3.05) is 33.5 Å². The molecule has 13 nitrogen and oxygen atoms in total. The molecule has 3 amide bonds. The number of rotatable bonds is 13. The maximum Gasteiger partial charge on any atom is 0.344 e. The highest BCUT2D eigenvalue weighted by Crippen LogP contribution is 2.34. The van der Waals surface area contributed by atoms with Crippen LogP contribution in [0.2, 0.25) is 0 Å². The van der Waals surface area contributed by atoms with E-state index in [2.05, 4.69) is 21.2 Å². The first kappa shape index (κ1) is 32.3. The average Bonchev–Trinajstić information content (AvgIpc) is 3.03. The molecule has 13 heteroatoms. The molecule has 0 radical (unpaired) electrons. The Bertz CT molecular complexity index is 1650. The van der Waals surface area contributed by atoms with E-state index in [0.29, 0.717) is 22.6 Å². The van der Waals surface area contributed by atoms with Gasteiger partial charge < -0.3 is 34.3 Å². The van der Waals surface area contributed by atoms with Crippen molar-refractivity contribution in [2.45, 2.75) is 26.8 Å². The van der Waals surface area contributed by atoms with Crippen LogP contribution in [0.15, 0.2) is 71.0 Å². The number of fused-ring (bicyclic) bond motifs is 1. The molecule has 0 unspecified atom stereocenters. The molecule has 1 heterocycles. The van der Waals surface area contributed by atoms with Crippen molar-refractivity contribution in [3.05, 3.63) is 77.0 Å². The number of nitrogens with one attached hydrogen (secondary N) is 3. The highest BCUT2D eigenvalue weighted by molar-refractivity contribution is 6.02. The Balaban J connectivity index is 1.45. The van der Waals surface area contributed by atoms with Crippen LogP contribution in [-0.4, -0.2) is 63.6 Å². The number of nitrogens with zero attached hydrogens (tertiary/aromatic N) is 1. The number of hydrogen-bond donors (Lipinski definition) is 3. The second-order valence-electron chi connectivity index (χ2n) is 9.57. The molecule has 1 aliphatic rings. The lowest BCUT2D eigenvalue weighted by molar-refractivity contribution is -0.145. The molecular formula is C32H34N4O9. The first-order valence-electron chi connectivity index (χ1n) is 14.1. The topological polar surface area (TPSA) is 163 Å². The SMILES string of the molecule is CCOC(=O)COc1ccc2ccccc2c1/C=N/NC(=O)COc1ccc([C@@H]2NC(=O)NC(C)=C2C(=O)OCC)cc1OC. The minimum Gasteiger partial charge on any atom is -0.493 e. The molecule has 0 aromatic heterocycles. The van der Waals surface area contributed by atoms with Crippen LogP contribution >= 0.6 is 0 Å². The monoisotopic (exact) mass is 618 g/mol. The number of methoxy groups -OCH3 is 1. The maximum atomic E-state index is 12.6. The maximum absolute atomic E-state index is 12.6. The summed E-state index contributed by atoms with van der Waals surface area (Å²) >= 11 is 0. The highest BCUT2D eigenvalue weighted by Gasteiger charge is 2.32. The predicted octanol–water partition coefficient (Wildman–Crippen LogP) is 3.51.